The Hall–Kier alpha value is -0.880. The molecule has 4 atom stereocenters. The van der Waals surface area contributed by atoms with Crippen LogP contribution in [0, 0.1) is 17.8 Å². The fraction of sp³-hybridized carbons (Fsp3) is 0.800. The third-order valence-electron chi connectivity index (χ3n) is 4.63. The van der Waals surface area contributed by atoms with E-state index in [9.17, 15) is 13.2 Å². The minimum atomic E-state index is -3.40. The highest BCUT2D eigenvalue weighted by Crippen LogP contribution is 2.51. The first-order valence-corrected chi connectivity index (χ1v) is 9.43. The van der Waals surface area contributed by atoms with Gasteiger partial charge in [0.05, 0.1) is 12.4 Å². The molecule has 0 radical (unpaired) electrons. The molecular formula is C15H24O5S. The molecule has 2 bridgehead atoms. The van der Waals surface area contributed by atoms with Crippen molar-refractivity contribution in [2.24, 2.45) is 17.8 Å². The van der Waals surface area contributed by atoms with Crippen LogP contribution in [0.4, 0.5) is 0 Å². The Labute approximate surface area is 126 Å². The second kappa shape index (κ2) is 6.92. The van der Waals surface area contributed by atoms with Crippen LogP contribution in [0.1, 0.15) is 44.9 Å². The van der Waals surface area contributed by atoms with Gasteiger partial charge in [-0.3, -0.25) is 8.98 Å². The summed E-state index contributed by atoms with van der Waals surface area (Å²) in [5.41, 5.74) is 0. The van der Waals surface area contributed by atoms with Crippen molar-refractivity contribution < 1.29 is 22.5 Å². The molecule has 120 valence electrons. The lowest BCUT2D eigenvalue weighted by atomic mass is 9.84. The van der Waals surface area contributed by atoms with Crippen molar-refractivity contribution >= 4 is 16.1 Å². The van der Waals surface area contributed by atoms with Gasteiger partial charge in [0.2, 0.25) is 0 Å². The van der Waals surface area contributed by atoms with Gasteiger partial charge >= 0.3 is 5.97 Å². The van der Waals surface area contributed by atoms with Gasteiger partial charge in [-0.15, -0.1) is 0 Å². The molecule has 5 nitrogen and oxygen atoms in total. The third kappa shape index (κ3) is 4.81. The van der Waals surface area contributed by atoms with E-state index in [-0.39, 0.29) is 18.4 Å². The smallest absolute Gasteiger partial charge is 0.303 e. The van der Waals surface area contributed by atoms with Crippen LogP contribution in [0.2, 0.25) is 0 Å². The van der Waals surface area contributed by atoms with E-state index in [1.54, 1.807) is 0 Å². The molecule has 2 saturated carbocycles. The Morgan fingerprint density at radius 2 is 2.00 bits per heavy atom. The lowest BCUT2D eigenvalue weighted by molar-refractivity contribution is -0.137. The normalized spacial score (nSPS) is 32.0. The number of rotatable bonds is 8. The molecule has 2 aliphatic carbocycles. The van der Waals surface area contributed by atoms with E-state index in [4.69, 9.17) is 9.29 Å². The fourth-order valence-electron chi connectivity index (χ4n) is 3.78. The molecule has 0 heterocycles. The predicted octanol–water partition coefficient (Wildman–Crippen LogP) is 2.58. The number of carbonyl (C=O) groups is 1. The van der Waals surface area contributed by atoms with Gasteiger partial charge in [0.15, 0.2) is 0 Å². The van der Waals surface area contributed by atoms with Crippen LogP contribution in [-0.2, 0) is 19.1 Å². The average molecular weight is 316 g/mol. The Morgan fingerprint density at radius 1 is 1.29 bits per heavy atom. The van der Waals surface area contributed by atoms with Crippen LogP contribution >= 0.6 is 0 Å². The second-order valence-corrected chi connectivity index (χ2v) is 7.86. The van der Waals surface area contributed by atoms with E-state index in [0.29, 0.717) is 18.3 Å². The maximum absolute atomic E-state index is 11.4. The highest BCUT2D eigenvalue weighted by molar-refractivity contribution is 7.86. The molecule has 2 fully saturated rings. The zero-order chi connectivity index (χ0) is 15.5. The second-order valence-electron chi connectivity index (χ2n) is 6.26. The van der Waals surface area contributed by atoms with Crippen molar-refractivity contribution in [3.63, 3.8) is 0 Å². The zero-order valence-electron chi connectivity index (χ0n) is 12.4. The Kier molecular flexibility index (Phi) is 5.43. The van der Waals surface area contributed by atoms with Crippen LogP contribution in [0.3, 0.4) is 0 Å². The SMILES string of the molecule is CS(=O)(=O)O[C@@H]1[C@H]2CC[C@H](C2)[C@H]1CC=CCCCC(=O)O. The number of unbranched alkanes of at least 4 members (excludes halogenated alkanes) is 1. The monoisotopic (exact) mass is 316 g/mol. The molecule has 2 aliphatic rings. The number of carboxylic acid groups (broad SMARTS) is 1. The maximum atomic E-state index is 11.4. The summed E-state index contributed by atoms with van der Waals surface area (Å²) in [6.45, 7) is 0. The molecular weight excluding hydrogens is 292 g/mol. The quantitative estimate of drug-likeness (QED) is 0.423. The highest BCUT2D eigenvalue weighted by atomic mass is 32.2. The number of aliphatic carboxylic acids is 1. The first-order chi connectivity index (χ1) is 9.87. The summed E-state index contributed by atoms with van der Waals surface area (Å²) in [5.74, 6) is 0.480. The average Bonchev–Trinajstić information content (AvgIpc) is 2.93. The molecule has 0 aliphatic heterocycles. The molecule has 0 unspecified atom stereocenters. The largest absolute Gasteiger partial charge is 0.481 e. The number of allylic oxidation sites excluding steroid dienone is 2. The molecule has 0 aromatic carbocycles. The van der Waals surface area contributed by atoms with E-state index in [2.05, 4.69) is 6.08 Å². The van der Waals surface area contributed by atoms with Crippen molar-refractivity contribution in [1.29, 1.82) is 0 Å². The molecule has 0 aromatic rings. The highest BCUT2D eigenvalue weighted by Gasteiger charge is 2.48. The van der Waals surface area contributed by atoms with E-state index in [1.165, 1.54) is 6.42 Å². The molecule has 21 heavy (non-hydrogen) atoms. The molecule has 0 spiro atoms. The lowest BCUT2D eigenvalue weighted by Crippen LogP contribution is -2.32. The van der Waals surface area contributed by atoms with E-state index < -0.39 is 16.1 Å². The molecule has 6 heteroatoms. The van der Waals surface area contributed by atoms with E-state index in [0.717, 1.165) is 31.9 Å². The van der Waals surface area contributed by atoms with Crippen molar-refractivity contribution in [3.05, 3.63) is 12.2 Å². The summed E-state index contributed by atoms with van der Waals surface area (Å²) in [6, 6.07) is 0. The summed E-state index contributed by atoms with van der Waals surface area (Å²) in [7, 11) is -3.40. The minimum absolute atomic E-state index is 0.164. The Bertz CT molecular complexity index is 496. The Morgan fingerprint density at radius 3 is 2.67 bits per heavy atom. The Balaban J connectivity index is 1.83. The molecule has 0 aromatic heterocycles. The standard InChI is InChI=1S/C15H24O5S/c1-21(18,19)20-15-12-9-8-11(10-12)13(15)6-4-2-3-5-7-14(16)17/h2,4,11-13,15H,3,5-10H2,1H3,(H,16,17)/t11-,12+,13-,15-/m1/s1. The maximum Gasteiger partial charge on any atom is 0.303 e. The minimum Gasteiger partial charge on any atom is -0.481 e. The number of fused-ring (bicyclic) bond motifs is 2. The van der Waals surface area contributed by atoms with Gasteiger partial charge in [0.1, 0.15) is 0 Å². The van der Waals surface area contributed by atoms with Gasteiger partial charge in [-0.2, -0.15) is 8.42 Å². The number of hydrogen-bond donors (Lipinski definition) is 1. The first-order valence-electron chi connectivity index (χ1n) is 7.62. The van der Waals surface area contributed by atoms with Crippen molar-refractivity contribution in [2.75, 3.05) is 6.26 Å². The van der Waals surface area contributed by atoms with Crippen LogP contribution in [-0.4, -0.2) is 31.9 Å². The van der Waals surface area contributed by atoms with Gasteiger partial charge in [0.25, 0.3) is 10.1 Å². The van der Waals surface area contributed by atoms with Crippen LogP contribution in [0.25, 0.3) is 0 Å². The van der Waals surface area contributed by atoms with Crippen LogP contribution < -0.4 is 0 Å². The van der Waals surface area contributed by atoms with E-state index in [1.807, 2.05) is 6.08 Å². The van der Waals surface area contributed by atoms with E-state index >= 15 is 0 Å². The van der Waals surface area contributed by atoms with Gasteiger partial charge in [-0.1, -0.05) is 12.2 Å². The van der Waals surface area contributed by atoms with Gasteiger partial charge < -0.3 is 5.11 Å². The summed E-state index contributed by atoms with van der Waals surface area (Å²) >= 11 is 0. The third-order valence-corrected chi connectivity index (χ3v) is 5.20. The number of carboxylic acids is 1. The van der Waals surface area contributed by atoms with Gasteiger partial charge in [0, 0.05) is 6.42 Å². The van der Waals surface area contributed by atoms with Crippen LogP contribution in [0.15, 0.2) is 12.2 Å². The van der Waals surface area contributed by atoms with Gasteiger partial charge in [-0.05, 0) is 56.3 Å². The van der Waals surface area contributed by atoms with Gasteiger partial charge in [-0.25, -0.2) is 0 Å². The van der Waals surface area contributed by atoms with Crippen LogP contribution in [0.5, 0.6) is 0 Å². The first kappa shape index (κ1) is 16.5. The number of hydrogen-bond acceptors (Lipinski definition) is 4. The van der Waals surface area contributed by atoms with Crippen molar-refractivity contribution in [1.82, 2.24) is 0 Å². The molecule has 0 saturated heterocycles. The van der Waals surface area contributed by atoms with Crippen molar-refractivity contribution in [2.45, 2.75) is 51.0 Å². The van der Waals surface area contributed by atoms with Crippen molar-refractivity contribution in [3.8, 4) is 0 Å². The summed E-state index contributed by atoms with van der Waals surface area (Å²) in [5, 5.41) is 8.56. The zero-order valence-corrected chi connectivity index (χ0v) is 13.2. The summed E-state index contributed by atoms with van der Waals surface area (Å²) in [4.78, 5) is 10.4. The summed E-state index contributed by atoms with van der Waals surface area (Å²) in [6.07, 6.45) is 10.8. The lowest BCUT2D eigenvalue weighted by Gasteiger charge is -2.29. The summed E-state index contributed by atoms with van der Waals surface area (Å²) < 4.78 is 28.1. The fourth-order valence-corrected chi connectivity index (χ4v) is 4.48. The predicted molar refractivity (Wildman–Crippen MR) is 79.3 cm³/mol. The molecule has 0 amide bonds. The topological polar surface area (TPSA) is 80.7 Å². The molecule has 2 rings (SSSR count). The molecule has 1 N–H and O–H groups in total.